The topological polar surface area (TPSA) is 72.7 Å². The molecule has 0 bridgehead atoms. The van der Waals surface area contributed by atoms with Crippen LogP contribution >= 0.6 is 11.3 Å². The van der Waals surface area contributed by atoms with Gasteiger partial charge >= 0.3 is 0 Å². The van der Waals surface area contributed by atoms with Crippen LogP contribution in [0.15, 0.2) is 35.2 Å². The molecule has 22 heavy (non-hydrogen) atoms. The van der Waals surface area contributed by atoms with Crippen molar-refractivity contribution in [2.75, 3.05) is 0 Å². The molecule has 0 spiro atoms. The molecule has 0 unspecified atom stereocenters. The summed E-state index contributed by atoms with van der Waals surface area (Å²) in [7, 11) is 0. The first-order chi connectivity index (χ1) is 10.6. The molecular weight excluding hydrogens is 298 g/mol. The third-order valence-corrected chi connectivity index (χ3v) is 4.16. The van der Waals surface area contributed by atoms with Crippen molar-refractivity contribution in [2.45, 2.75) is 26.4 Å². The molecule has 0 aliphatic carbocycles. The Morgan fingerprint density at radius 3 is 2.91 bits per heavy atom. The van der Waals surface area contributed by atoms with E-state index in [1.54, 1.807) is 10.9 Å². The summed E-state index contributed by atoms with van der Waals surface area (Å²) < 4.78 is 1.83. The highest BCUT2D eigenvalue weighted by Gasteiger charge is 2.20. The number of nitrogens with one attached hydrogen (secondary N) is 1. The third kappa shape index (κ3) is 2.99. The highest BCUT2D eigenvalue weighted by molar-refractivity contribution is 7.07. The lowest BCUT2D eigenvalue weighted by Gasteiger charge is -2.22. The summed E-state index contributed by atoms with van der Waals surface area (Å²) in [5.41, 5.74) is 3.94. The molecular formula is C15H17N5OS. The average molecular weight is 315 g/mol. The van der Waals surface area contributed by atoms with Gasteiger partial charge in [-0.05, 0) is 18.1 Å². The number of carbonyl (C=O) groups is 1. The monoisotopic (exact) mass is 315 g/mol. The van der Waals surface area contributed by atoms with Crippen molar-refractivity contribution >= 4 is 28.3 Å². The van der Waals surface area contributed by atoms with Gasteiger partial charge in [-0.1, -0.05) is 31.2 Å². The average Bonchev–Trinajstić information content (AvgIpc) is 3.16. The lowest BCUT2D eigenvalue weighted by molar-refractivity contribution is 0.0915. The number of benzene rings is 1. The molecule has 0 saturated carbocycles. The fourth-order valence-electron chi connectivity index (χ4n) is 2.23. The molecule has 2 heterocycles. The molecule has 3 rings (SSSR count). The maximum absolute atomic E-state index is 12.2. The van der Waals surface area contributed by atoms with Crippen molar-refractivity contribution in [2.24, 2.45) is 5.92 Å². The maximum Gasteiger partial charge on any atom is 0.271 e. The number of carbonyl (C=O) groups excluding carboxylic acids is 1. The summed E-state index contributed by atoms with van der Waals surface area (Å²) in [5, 5.41) is 13.1. The van der Waals surface area contributed by atoms with Gasteiger partial charge in [0.25, 0.3) is 5.91 Å². The van der Waals surface area contributed by atoms with Gasteiger partial charge in [0.2, 0.25) is 0 Å². The quantitative estimate of drug-likeness (QED) is 0.784. The Kier molecular flexibility index (Phi) is 4.15. The summed E-state index contributed by atoms with van der Waals surface area (Å²) in [4.78, 5) is 16.2. The number of nitrogens with zero attached hydrogens (tertiary/aromatic N) is 4. The Morgan fingerprint density at radius 1 is 1.36 bits per heavy atom. The summed E-state index contributed by atoms with van der Waals surface area (Å²) >= 11 is 1.41. The van der Waals surface area contributed by atoms with E-state index in [9.17, 15) is 4.79 Å². The number of hydrogen-bond donors (Lipinski definition) is 1. The zero-order valence-corrected chi connectivity index (χ0v) is 13.2. The van der Waals surface area contributed by atoms with Gasteiger partial charge in [-0.2, -0.15) is 0 Å². The van der Waals surface area contributed by atoms with E-state index in [0.717, 1.165) is 11.0 Å². The number of fused-ring (bicyclic) bond motifs is 1. The van der Waals surface area contributed by atoms with Crippen LogP contribution in [0.5, 0.6) is 0 Å². The predicted octanol–water partition coefficient (Wildman–Crippen LogP) is 2.34. The first-order valence-electron chi connectivity index (χ1n) is 7.12. The van der Waals surface area contributed by atoms with Crippen LogP contribution in [0.2, 0.25) is 0 Å². The van der Waals surface area contributed by atoms with Crippen LogP contribution in [0.1, 0.15) is 24.3 Å². The standard InChI is InChI=1S/C15H17N5OS/c1-10(2)12(17-15(21)13-8-22-9-16-13)7-20-14-6-4-3-5-11(14)18-19-20/h3-6,8-10,12H,7H2,1-2H3,(H,17,21)/t12-/m0/s1. The van der Waals surface area contributed by atoms with Crippen LogP contribution in [-0.2, 0) is 6.54 Å². The molecule has 2 aromatic heterocycles. The van der Waals surface area contributed by atoms with Gasteiger partial charge in [0.1, 0.15) is 11.2 Å². The minimum atomic E-state index is -0.149. The van der Waals surface area contributed by atoms with Crippen LogP contribution in [0, 0.1) is 5.92 Å². The number of thiazole rings is 1. The van der Waals surface area contributed by atoms with Crippen LogP contribution in [0.25, 0.3) is 11.0 Å². The number of aromatic nitrogens is 4. The molecule has 0 fully saturated rings. The zero-order chi connectivity index (χ0) is 15.5. The second kappa shape index (κ2) is 6.23. The van der Waals surface area contributed by atoms with E-state index in [1.165, 1.54) is 11.3 Å². The molecule has 0 saturated heterocycles. The van der Waals surface area contributed by atoms with Crippen molar-refractivity contribution in [1.82, 2.24) is 25.3 Å². The zero-order valence-electron chi connectivity index (χ0n) is 12.4. The Hall–Kier alpha value is -2.28. The van der Waals surface area contributed by atoms with Crippen molar-refractivity contribution in [1.29, 1.82) is 0 Å². The van der Waals surface area contributed by atoms with Gasteiger partial charge < -0.3 is 5.32 Å². The van der Waals surface area contributed by atoms with Gasteiger partial charge in [0, 0.05) is 5.38 Å². The van der Waals surface area contributed by atoms with Gasteiger partial charge in [-0.3, -0.25) is 4.79 Å². The summed E-state index contributed by atoms with van der Waals surface area (Å²) in [6.07, 6.45) is 0. The first kappa shape index (κ1) is 14.6. The van der Waals surface area contributed by atoms with E-state index in [4.69, 9.17) is 0 Å². The molecule has 6 nitrogen and oxygen atoms in total. The molecule has 1 aromatic carbocycles. The van der Waals surface area contributed by atoms with Gasteiger partial charge in [-0.25, -0.2) is 9.67 Å². The molecule has 0 aliphatic rings. The Balaban J connectivity index is 1.78. The number of para-hydroxylation sites is 1. The van der Waals surface area contributed by atoms with Gasteiger partial charge in [-0.15, -0.1) is 16.4 Å². The summed E-state index contributed by atoms with van der Waals surface area (Å²) in [6.45, 7) is 4.73. The minimum Gasteiger partial charge on any atom is -0.346 e. The Labute approximate surface area is 132 Å². The lowest BCUT2D eigenvalue weighted by atomic mass is 10.0. The number of hydrogen-bond acceptors (Lipinski definition) is 5. The molecule has 1 amide bonds. The maximum atomic E-state index is 12.2. The van der Waals surface area contributed by atoms with E-state index in [0.29, 0.717) is 12.2 Å². The summed E-state index contributed by atoms with van der Waals surface area (Å²) in [5.74, 6) is 0.120. The molecule has 7 heteroatoms. The van der Waals surface area contributed by atoms with Crippen LogP contribution in [0.4, 0.5) is 0 Å². The Morgan fingerprint density at radius 2 is 2.18 bits per heavy atom. The lowest BCUT2D eigenvalue weighted by Crippen LogP contribution is -2.41. The molecule has 0 aliphatic heterocycles. The highest BCUT2D eigenvalue weighted by atomic mass is 32.1. The SMILES string of the molecule is CC(C)[C@H](Cn1nnc2ccccc21)NC(=O)c1cscn1. The largest absolute Gasteiger partial charge is 0.346 e. The van der Waals surface area contributed by atoms with Crippen molar-refractivity contribution in [3.05, 3.63) is 40.8 Å². The van der Waals surface area contributed by atoms with Crippen LogP contribution in [-0.4, -0.2) is 31.9 Å². The fraction of sp³-hybridized carbons (Fsp3) is 0.333. The molecule has 1 N–H and O–H groups in total. The minimum absolute atomic E-state index is 0.0423. The molecule has 1 atom stereocenters. The second-order valence-electron chi connectivity index (χ2n) is 5.46. The normalized spacial score (nSPS) is 12.7. The number of rotatable bonds is 5. The smallest absolute Gasteiger partial charge is 0.271 e. The van der Waals surface area contributed by atoms with Crippen LogP contribution < -0.4 is 5.32 Å². The second-order valence-corrected chi connectivity index (χ2v) is 6.18. The Bertz CT molecular complexity index is 765. The fourth-order valence-corrected chi connectivity index (χ4v) is 2.76. The van der Waals surface area contributed by atoms with E-state index >= 15 is 0 Å². The van der Waals surface area contributed by atoms with Crippen molar-refractivity contribution < 1.29 is 4.79 Å². The molecule has 114 valence electrons. The van der Waals surface area contributed by atoms with Crippen molar-refractivity contribution in [3.63, 3.8) is 0 Å². The van der Waals surface area contributed by atoms with Crippen molar-refractivity contribution in [3.8, 4) is 0 Å². The first-order valence-corrected chi connectivity index (χ1v) is 8.06. The van der Waals surface area contributed by atoms with E-state index in [-0.39, 0.29) is 17.9 Å². The van der Waals surface area contributed by atoms with Gasteiger partial charge in [0.15, 0.2) is 0 Å². The van der Waals surface area contributed by atoms with Crippen LogP contribution in [0.3, 0.4) is 0 Å². The molecule has 3 aromatic rings. The third-order valence-electron chi connectivity index (χ3n) is 3.58. The van der Waals surface area contributed by atoms with E-state index in [1.807, 2.05) is 28.9 Å². The molecule has 0 radical (unpaired) electrons. The number of amides is 1. The predicted molar refractivity (Wildman–Crippen MR) is 85.7 cm³/mol. The van der Waals surface area contributed by atoms with E-state index < -0.39 is 0 Å². The van der Waals surface area contributed by atoms with E-state index in [2.05, 4.69) is 34.5 Å². The highest BCUT2D eigenvalue weighted by Crippen LogP contribution is 2.13. The summed E-state index contributed by atoms with van der Waals surface area (Å²) in [6, 6.07) is 7.76. The van der Waals surface area contributed by atoms with Gasteiger partial charge in [0.05, 0.1) is 23.6 Å².